The van der Waals surface area contributed by atoms with Gasteiger partial charge in [-0.2, -0.15) is 0 Å². The second-order valence-corrected chi connectivity index (χ2v) is 4.79. The molecular weight excluding hydrogens is 261 g/mol. The highest BCUT2D eigenvalue weighted by atomic mass is 19.1. The molecule has 1 aliphatic heterocycles. The third-order valence-electron chi connectivity index (χ3n) is 3.34. The van der Waals surface area contributed by atoms with Crippen molar-refractivity contribution >= 4 is 11.9 Å². The van der Waals surface area contributed by atoms with Crippen molar-refractivity contribution in [3.8, 4) is 0 Å². The van der Waals surface area contributed by atoms with Crippen molar-refractivity contribution in [2.75, 3.05) is 13.1 Å². The Balaban J connectivity index is 1.77. The largest absolute Gasteiger partial charge is 0.334 e. The van der Waals surface area contributed by atoms with Crippen molar-refractivity contribution in [2.45, 2.75) is 19.4 Å². The van der Waals surface area contributed by atoms with Crippen LogP contribution in [0, 0.1) is 11.7 Å². The molecule has 3 N–H and O–H groups in total. The molecule has 1 saturated heterocycles. The Morgan fingerprint density at radius 1 is 1.25 bits per heavy atom. The van der Waals surface area contributed by atoms with Crippen LogP contribution >= 0.6 is 0 Å². The smallest absolute Gasteiger partial charge is 0.321 e. The van der Waals surface area contributed by atoms with Gasteiger partial charge in [-0.05, 0) is 32.0 Å². The summed E-state index contributed by atoms with van der Waals surface area (Å²) in [6.07, 6.45) is 1.46. The number of urea groups is 1. The van der Waals surface area contributed by atoms with Gasteiger partial charge in [0.05, 0.1) is 0 Å². The summed E-state index contributed by atoms with van der Waals surface area (Å²) >= 11 is 0. The maximum atomic E-state index is 13.3. The molecule has 0 spiro atoms. The Morgan fingerprint density at radius 3 is 2.65 bits per heavy atom. The number of imide groups is 1. The summed E-state index contributed by atoms with van der Waals surface area (Å²) in [7, 11) is 0. The molecule has 0 aliphatic carbocycles. The number of hydrogen-bond donors (Lipinski definition) is 3. The number of piperidine rings is 1. The molecule has 0 atom stereocenters. The number of carbonyl (C=O) groups excluding carboxylic acids is 2. The Labute approximate surface area is 116 Å². The highest BCUT2D eigenvalue weighted by molar-refractivity contribution is 5.95. The van der Waals surface area contributed by atoms with Gasteiger partial charge in [0.2, 0.25) is 5.91 Å². The molecule has 6 heteroatoms. The molecule has 20 heavy (non-hydrogen) atoms. The topological polar surface area (TPSA) is 70.2 Å². The van der Waals surface area contributed by atoms with Crippen LogP contribution in [0.25, 0.3) is 0 Å². The second-order valence-electron chi connectivity index (χ2n) is 4.79. The minimum atomic E-state index is -0.586. The van der Waals surface area contributed by atoms with E-state index in [0.29, 0.717) is 5.56 Å². The lowest BCUT2D eigenvalue weighted by atomic mass is 9.97. The summed E-state index contributed by atoms with van der Waals surface area (Å²) in [4.78, 5) is 23.4. The maximum absolute atomic E-state index is 13.3. The van der Waals surface area contributed by atoms with Gasteiger partial charge in [0.1, 0.15) is 5.82 Å². The molecule has 1 fully saturated rings. The number of carbonyl (C=O) groups is 2. The van der Waals surface area contributed by atoms with Crippen LogP contribution in [-0.4, -0.2) is 25.0 Å². The van der Waals surface area contributed by atoms with Crippen LogP contribution in [0.15, 0.2) is 24.3 Å². The van der Waals surface area contributed by atoms with Gasteiger partial charge in [0.15, 0.2) is 0 Å². The first kappa shape index (κ1) is 14.5. The average Bonchev–Trinajstić information content (AvgIpc) is 2.47. The molecule has 1 aromatic rings. The zero-order valence-electron chi connectivity index (χ0n) is 11.1. The van der Waals surface area contributed by atoms with Crippen LogP contribution in [0.5, 0.6) is 0 Å². The molecule has 0 unspecified atom stereocenters. The van der Waals surface area contributed by atoms with E-state index in [0.717, 1.165) is 25.9 Å². The van der Waals surface area contributed by atoms with Crippen LogP contribution in [-0.2, 0) is 11.3 Å². The highest BCUT2D eigenvalue weighted by Crippen LogP contribution is 2.11. The van der Waals surface area contributed by atoms with E-state index in [4.69, 9.17) is 0 Å². The van der Waals surface area contributed by atoms with Crippen molar-refractivity contribution in [3.63, 3.8) is 0 Å². The minimum absolute atomic E-state index is 0.0536. The summed E-state index contributed by atoms with van der Waals surface area (Å²) in [6.45, 7) is 1.63. The average molecular weight is 279 g/mol. The van der Waals surface area contributed by atoms with E-state index in [1.807, 2.05) is 0 Å². The van der Waals surface area contributed by atoms with Crippen LogP contribution in [0.4, 0.5) is 9.18 Å². The summed E-state index contributed by atoms with van der Waals surface area (Å²) in [6, 6.07) is 5.61. The van der Waals surface area contributed by atoms with Gasteiger partial charge in [0, 0.05) is 18.0 Å². The third-order valence-corrected chi connectivity index (χ3v) is 3.34. The molecule has 5 nitrogen and oxygen atoms in total. The number of nitrogens with one attached hydrogen (secondary N) is 3. The molecule has 0 aromatic heterocycles. The van der Waals surface area contributed by atoms with Gasteiger partial charge in [-0.15, -0.1) is 0 Å². The van der Waals surface area contributed by atoms with Gasteiger partial charge in [-0.25, -0.2) is 9.18 Å². The van der Waals surface area contributed by atoms with E-state index in [9.17, 15) is 14.0 Å². The molecule has 0 bridgehead atoms. The third kappa shape index (κ3) is 4.03. The normalized spacial score (nSPS) is 15.7. The van der Waals surface area contributed by atoms with Gasteiger partial charge in [-0.3, -0.25) is 10.1 Å². The van der Waals surface area contributed by atoms with Crippen LogP contribution in [0.3, 0.4) is 0 Å². The van der Waals surface area contributed by atoms with E-state index in [-0.39, 0.29) is 24.2 Å². The molecule has 2 rings (SSSR count). The number of hydrogen-bond acceptors (Lipinski definition) is 3. The molecule has 0 saturated carbocycles. The lowest BCUT2D eigenvalue weighted by molar-refractivity contribution is -0.124. The Kier molecular flexibility index (Phi) is 5.06. The van der Waals surface area contributed by atoms with Gasteiger partial charge < -0.3 is 10.6 Å². The zero-order valence-corrected chi connectivity index (χ0v) is 11.1. The predicted octanol–water partition coefficient (Wildman–Crippen LogP) is 1.15. The van der Waals surface area contributed by atoms with Crippen LogP contribution in [0.2, 0.25) is 0 Å². The molecule has 0 radical (unpaired) electrons. The standard InChI is InChI=1S/C14H18FN3O2/c15-12-4-2-1-3-11(12)9-17-14(20)18-13(19)10-5-7-16-8-6-10/h1-4,10,16H,5-9H2,(H2,17,18,19,20). The minimum Gasteiger partial charge on any atom is -0.334 e. The van der Waals surface area contributed by atoms with Crippen molar-refractivity contribution < 1.29 is 14.0 Å². The second kappa shape index (κ2) is 7.00. The zero-order chi connectivity index (χ0) is 14.4. The fourth-order valence-electron chi connectivity index (χ4n) is 2.16. The first-order valence-electron chi connectivity index (χ1n) is 6.69. The van der Waals surface area contributed by atoms with Crippen molar-refractivity contribution in [1.82, 2.24) is 16.0 Å². The van der Waals surface area contributed by atoms with E-state index < -0.39 is 6.03 Å². The van der Waals surface area contributed by atoms with E-state index in [2.05, 4.69) is 16.0 Å². The van der Waals surface area contributed by atoms with Gasteiger partial charge in [0.25, 0.3) is 0 Å². The monoisotopic (exact) mass is 279 g/mol. The summed E-state index contributed by atoms with van der Waals surface area (Å²) in [5.41, 5.74) is 0.386. The fourth-order valence-corrected chi connectivity index (χ4v) is 2.16. The van der Waals surface area contributed by atoms with Crippen molar-refractivity contribution in [1.29, 1.82) is 0 Å². The Morgan fingerprint density at radius 2 is 1.95 bits per heavy atom. The number of halogens is 1. The van der Waals surface area contributed by atoms with Crippen LogP contribution < -0.4 is 16.0 Å². The summed E-state index contributed by atoms with van der Waals surface area (Å²) in [5, 5.41) is 7.94. The van der Waals surface area contributed by atoms with Gasteiger partial charge in [-0.1, -0.05) is 18.2 Å². The van der Waals surface area contributed by atoms with E-state index in [1.165, 1.54) is 6.07 Å². The van der Waals surface area contributed by atoms with Crippen molar-refractivity contribution in [3.05, 3.63) is 35.6 Å². The molecule has 108 valence electrons. The van der Waals surface area contributed by atoms with Crippen LogP contribution in [0.1, 0.15) is 18.4 Å². The molecule has 1 heterocycles. The summed E-state index contributed by atoms with van der Waals surface area (Å²) in [5.74, 6) is -0.773. The maximum Gasteiger partial charge on any atom is 0.321 e. The molecule has 1 aliphatic rings. The van der Waals surface area contributed by atoms with E-state index in [1.54, 1.807) is 18.2 Å². The highest BCUT2D eigenvalue weighted by Gasteiger charge is 2.22. The number of rotatable bonds is 3. The van der Waals surface area contributed by atoms with Gasteiger partial charge >= 0.3 is 6.03 Å². The number of benzene rings is 1. The van der Waals surface area contributed by atoms with Crippen molar-refractivity contribution in [2.24, 2.45) is 5.92 Å². The Bertz CT molecular complexity index is 487. The molecule has 1 aromatic carbocycles. The lowest BCUT2D eigenvalue weighted by Crippen LogP contribution is -2.44. The predicted molar refractivity (Wildman–Crippen MR) is 72.4 cm³/mol. The molecular formula is C14H18FN3O2. The number of amides is 3. The quantitative estimate of drug-likeness (QED) is 0.777. The molecule has 3 amide bonds. The summed E-state index contributed by atoms with van der Waals surface area (Å²) < 4.78 is 13.3. The Hall–Kier alpha value is -1.95. The lowest BCUT2D eigenvalue weighted by Gasteiger charge is -2.21. The SMILES string of the molecule is O=C(NCc1ccccc1F)NC(=O)C1CCNCC1. The van der Waals surface area contributed by atoms with E-state index >= 15 is 0 Å². The first-order valence-corrected chi connectivity index (χ1v) is 6.69. The first-order chi connectivity index (χ1) is 9.66. The fraction of sp³-hybridized carbons (Fsp3) is 0.429.